The Bertz CT molecular complexity index is 989. The van der Waals surface area contributed by atoms with Gasteiger partial charge in [0.1, 0.15) is 11.6 Å². The maximum absolute atomic E-state index is 14.0. The Morgan fingerprint density at radius 3 is 2.72 bits per heavy atom. The van der Waals surface area contributed by atoms with Crippen molar-refractivity contribution >= 4 is 35.7 Å². The Hall–Kier alpha value is -2.23. The molecule has 1 aromatic heterocycles. The lowest BCUT2D eigenvalue weighted by atomic mass is 9.81. The molecule has 1 amide bonds. The molecule has 0 aliphatic carbocycles. The summed E-state index contributed by atoms with van der Waals surface area (Å²) >= 11 is 6.03. The number of hydrogen-bond acceptors (Lipinski definition) is 7. The van der Waals surface area contributed by atoms with Crippen LogP contribution in [0.5, 0.6) is 11.6 Å². The smallest absolute Gasteiger partial charge is 0.282 e. The third-order valence-electron chi connectivity index (χ3n) is 5.95. The summed E-state index contributed by atoms with van der Waals surface area (Å²) in [5.74, 6) is -0.0202. The number of benzene rings is 1. The van der Waals surface area contributed by atoms with Gasteiger partial charge in [-0.05, 0) is 57.0 Å². The molecule has 11 heteroatoms. The molecule has 8 nitrogen and oxygen atoms in total. The molecule has 0 unspecified atom stereocenters. The van der Waals surface area contributed by atoms with E-state index in [1.807, 2.05) is 20.8 Å². The number of nitrogens with zero attached hydrogens (tertiary/aromatic N) is 5. The van der Waals surface area contributed by atoms with Gasteiger partial charge in [0.05, 0.1) is 5.56 Å². The molecule has 0 saturated carbocycles. The third-order valence-corrected chi connectivity index (χ3v) is 6.11. The van der Waals surface area contributed by atoms with Crippen LogP contribution in [0.3, 0.4) is 0 Å². The Morgan fingerprint density at radius 2 is 2.12 bits per heavy atom. The fourth-order valence-corrected chi connectivity index (χ4v) is 4.32. The normalized spacial score (nSPS) is 16.6. The molecule has 32 heavy (non-hydrogen) atoms. The second kappa shape index (κ2) is 9.72. The van der Waals surface area contributed by atoms with Crippen LogP contribution in [0.15, 0.2) is 18.2 Å². The van der Waals surface area contributed by atoms with Crippen molar-refractivity contribution in [2.24, 2.45) is 5.41 Å². The van der Waals surface area contributed by atoms with Crippen molar-refractivity contribution in [1.29, 1.82) is 0 Å². The van der Waals surface area contributed by atoms with E-state index >= 15 is 0 Å². The molecule has 1 N–H and O–H groups in total. The van der Waals surface area contributed by atoms with Gasteiger partial charge in [0, 0.05) is 44.2 Å². The molecule has 2 aromatic rings. The van der Waals surface area contributed by atoms with Gasteiger partial charge in [0.2, 0.25) is 5.28 Å². The van der Waals surface area contributed by atoms with E-state index in [9.17, 15) is 9.18 Å². The summed E-state index contributed by atoms with van der Waals surface area (Å²) < 4.78 is 20.0. The highest BCUT2D eigenvalue weighted by molar-refractivity contribution is 6.28. The van der Waals surface area contributed by atoms with Crippen LogP contribution < -0.4 is 15.0 Å². The molecule has 0 atom stereocenters. The van der Waals surface area contributed by atoms with Crippen LogP contribution in [0.1, 0.15) is 37.6 Å². The van der Waals surface area contributed by atoms with Crippen LogP contribution in [0.4, 0.5) is 10.2 Å². The zero-order chi connectivity index (χ0) is 22.2. The molecular weight excluding hydrogens is 458 g/mol. The van der Waals surface area contributed by atoms with Gasteiger partial charge < -0.3 is 19.9 Å². The summed E-state index contributed by atoms with van der Waals surface area (Å²) in [6.45, 7) is 9.71. The van der Waals surface area contributed by atoms with Crippen molar-refractivity contribution < 1.29 is 13.9 Å². The Morgan fingerprint density at radius 1 is 1.38 bits per heavy atom. The Labute approximate surface area is 197 Å². The molecule has 2 aliphatic rings. The van der Waals surface area contributed by atoms with Gasteiger partial charge >= 0.3 is 0 Å². The number of anilines is 1. The van der Waals surface area contributed by atoms with Gasteiger partial charge in [-0.1, -0.05) is 0 Å². The number of halogens is 3. The second-order valence-corrected chi connectivity index (χ2v) is 8.75. The third kappa shape index (κ3) is 4.74. The van der Waals surface area contributed by atoms with E-state index in [1.54, 1.807) is 4.90 Å². The molecule has 2 fully saturated rings. The number of aromatic nitrogens is 3. The van der Waals surface area contributed by atoms with E-state index in [2.05, 4.69) is 25.4 Å². The number of nitrogens with one attached hydrogen (secondary N) is 1. The van der Waals surface area contributed by atoms with Gasteiger partial charge in [0.25, 0.3) is 11.8 Å². The molecule has 4 rings (SSSR count). The fraction of sp³-hybridized carbons (Fsp3) is 0.524. The monoisotopic (exact) mass is 484 g/mol. The maximum Gasteiger partial charge on any atom is 0.282 e. The first-order chi connectivity index (χ1) is 14.8. The second-order valence-electron chi connectivity index (χ2n) is 8.41. The van der Waals surface area contributed by atoms with Crippen molar-refractivity contribution in [1.82, 2.24) is 25.4 Å². The Kier molecular flexibility index (Phi) is 7.42. The molecular formula is C21H27Cl2FN6O2. The summed E-state index contributed by atoms with van der Waals surface area (Å²) in [6, 6.07) is 3.82. The number of carbonyl (C=O) groups excluding carboxylic acids is 1. The minimum atomic E-state index is -0.519. The van der Waals surface area contributed by atoms with E-state index in [4.69, 9.17) is 16.3 Å². The summed E-state index contributed by atoms with van der Waals surface area (Å²) in [6.07, 6.45) is 1.03. The van der Waals surface area contributed by atoms with Gasteiger partial charge in [0.15, 0.2) is 5.82 Å². The van der Waals surface area contributed by atoms with Crippen molar-refractivity contribution in [2.45, 2.75) is 33.2 Å². The van der Waals surface area contributed by atoms with Gasteiger partial charge in [-0.2, -0.15) is 4.98 Å². The van der Waals surface area contributed by atoms with Crippen molar-refractivity contribution in [2.75, 3.05) is 37.6 Å². The molecule has 2 aliphatic heterocycles. The van der Waals surface area contributed by atoms with Gasteiger partial charge in [-0.15, -0.1) is 22.6 Å². The van der Waals surface area contributed by atoms with Crippen LogP contribution in [0.2, 0.25) is 5.28 Å². The average molecular weight is 485 g/mol. The van der Waals surface area contributed by atoms with Crippen molar-refractivity contribution in [3.8, 4) is 11.6 Å². The largest absolute Gasteiger partial charge is 0.434 e. The van der Waals surface area contributed by atoms with E-state index < -0.39 is 5.82 Å². The highest BCUT2D eigenvalue weighted by Crippen LogP contribution is 2.39. The standard InChI is InChI=1S/C21H26ClFN6O2.ClH/c1-4-29(13(2)3)19(30)15-9-14(23)5-6-16(15)31-18-17(25-20(22)27-26-18)28-8-7-21(12-28)10-24-11-21;/h5-6,9,13,24H,4,7-8,10-12H2,1-3H3;1H. The van der Waals surface area contributed by atoms with E-state index in [0.29, 0.717) is 12.4 Å². The zero-order valence-electron chi connectivity index (χ0n) is 18.3. The minimum absolute atomic E-state index is 0. The summed E-state index contributed by atoms with van der Waals surface area (Å²) in [5, 5.41) is 11.2. The summed E-state index contributed by atoms with van der Waals surface area (Å²) in [7, 11) is 0. The molecule has 0 radical (unpaired) electrons. The SMILES string of the molecule is CCN(C(=O)c1cc(F)ccc1Oc1nnc(Cl)nc1N1CCC2(CNC2)C1)C(C)C.Cl. The summed E-state index contributed by atoms with van der Waals surface area (Å²) in [5.41, 5.74) is 0.351. The van der Waals surface area contributed by atoms with Gasteiger partial charge in [-0.3, -0.25) is 4.79 Å². The van der Waals surface area contributed by atoms with Crippen molar-refractivity contribution in [3.05, 3.63) is 34.9 Å². The molecule has 1 aromatic carbocycles. The molecule has 0 bridgehead atoms. The van der Waals surface area contributed by atoms with Crippen LogP contribution >= 0.6 is 24.0 Å². The number of ether oxygens (including phenoxy) is 1. The number of hydrogen-bond donors (Lipinski definition) is 1. The molecule has 3 heterocycles. The van der Waals surface area contributed by atoms with Crippen LogP contribution in [-0.4, -0.2) is 64.8 Å². The predicted octanol–water partition coefficient (Wildman–Crippen LogP) is 3.55. The maximum atomic E-state index is 14.0. The molecule has 1 spiro atoms. The number of amides is 1. The first-order valence-electron chi connectivity index (χ1n) is 10.5. The first-order valence-corrected chi connectivity index (χ1v) is 10.8. The Balaban J connectivity index is 0.00000289. The first kappa shape index (κ1) is 24.4. The van der Waals surface area contributed by atoms with Crippen LogP contribution in [0.25, 0.3) is 0 Å². The van der Waals surface area contributed by atoms with Crippen LogP contribution in [0, 0.1) is 11.2 Å². The van der Waals surface area contributed by atoms with Crippen molar-refractivity contribution in [3.63, 3.8) is 0 Å². The summed E-state index contributed by atoms with van der Waals surface area (Å²) in [4.78, 5) is 21.2. The predicted molar refractivity (Wildman–Crippen MR) is 123 cm³/mol. The topological polar surface area (TPSA) is 83.5 Å². The highest BCUT2D eigenvalue weighted by Gasteiger charge is 2.44. The minimum Gasteiger partial charge on any atom is -0.434 e. The number of rotatable bonds is 6. The lowest BCUT2D eigenvalue weighted by Gasteiger charge is -2.39. The lowest BCUT2D eigenvalue weighted by Crippen LogP contribution is -2.54. The van der Waals surface area contributed by atoms with E-state index in [-0.39, 0.29) is 52.2 Å². The van der Waals surface area contributed by atoms with E-state index in [1.165, 1.54) is 18.2 Å². The quantitative estimate of drug-likeness (QED) is 0.670. The highest BCUT2D eigenvalue weighted by atomic mass is 35.5. The van der Waals surface area contributed by atoms with Gasteiger partial charge in [-0.25, -0.2) is 4.39 Å². The van der Waals surface area contributed by atoms with E-state index in [0.717, 1.165) is 32.6 Å². The zero-order valence-corrected chi connectivity index (χ0v) is 19.8. The lowest BCUT2D eigenvalue weighted by molar-refractivity contribution is 0.0713. The molecule has 2 saturated heterocycles. The fourth-order valence-electron chi connectivity index (χ4n) is 4.20. The average Bonchev–Trinajstić information content (AvgIpc) is 3.17. The number of carbonyl (C=O) groups is 1. The molecule has 174 valence electrons. The van der Waals surface area contributed by atoms with Crippen LogP contribution in [-0.2, 0) is 0 Å².